The van der Waals surface area contributed by atoms with Gasteiger partial charge in [-0.05, 0) is 26.8 Å². The molecule has 0 unspecified atom stereocenters. The molecule has 4 heteroatoms. The van der Waals surface area contributed by atoms with Crippen molar-refractivity contribution in [2.75, 3.05) is 19.8 Å². The molecule has 0 saturated heterocycles. The van der Waals surface area contributed by atoms with Gasteiger partial charge in [-0.15, -0.1) is 0 Å². The highest BCUT2D eigenvalue weighted by atomic mass is 28.3. The van der Waals surface area contributed by atoms with Crippen molar-refractivity contribution in [3.63, 3.8) is 0 Å². The first-order valence-electron chi connectivity index (χ1n) is 6.31. The molecule has 0 aromatic carbocycles. The average Bonchev–Trinajstić information content (AvgIpc) is 2.15. The van der Waals surface area contributed by atoms with Crippen molar-refractivity contribution in [1.29, 1.82) is 0 Å². The van der Waals surface area contributed by atoms with Gasteiger partial charge in [-0.1, -0.05) is 19.6 Å². The summed E-state index contributed by atoms with van der Waals surface area (Å²) in [6, 6.07) is 1.15. The molecule has 0 amide bonds. The normalized spacial score (nSPS) is 13.1. The summed E-state index contributed by atoms with van der Waals surface area (Å²) >= 11 is 0. The Bertz CT molecular complexity index is 161. The third kappa shape index (κ3) is 6.63. The molecule has 0 aliphatic heterocycles. The molecule has 0 aromatic heterocycles. The lowest BCUT2D eigenvalue weighted by atomic mass is 10.4. The van der Waals surface area contributed by atoms with Crippen LogP contribution in [-0.2, 0) is 14.2 Å². The fourth-order valence-electron chi connectivity index (χ4n) is 1.53. The molecule has 16 heavy (non-hydrogen) atoms. The molecule has 0 spiro atoms. The summed E-state index contributed by atoms with van der Waals surface area (Å²) < 4.78 is 17.1. The van der Waals surface area contributed by atoms with Crippen LogP contribution in [0.3, 0.4) is 0 Å². The highest BCUT2D eigenvalue weighted by Gasteiger charge is 2.34. The summed E-state index contributed by atoms with van der Waals surface area (Å²) in [5, 5.41) is 0. The fraction of sp³-hybridized carbons (Fsp3) is 1.00. The molecule has 0 N–H and O–H groups in total. The molecule has 0 rings (SSSR count). The molecule has 0 bridgehead atoms. The SMILES string of the molecule is CCOC(CC[Si](C)(C)C)(OCC)OCC. The zero-order chi connectivity index (χ0) is 12.7. The molecule has 0 radical (unpaired) electrons. The largest absolute Gasteiger partial charge is 0.328 e. The molecule has 0 fully saturated rings. The Kier molecular flexibility index (Phi) is 7.47. The predicted molar refractivity (Wildman–Crippen MR) is 70.4 cm³/mol. The lowest BCUT2D eigenvalue weighted by Gasteiger charge is -2.34. The minimum absolute atomic E-state index is 0.617. The highest BCUT2D eigenvalue weighted by Crippen LogP contribution is 2.26. The number of hydrogen-bond donors (Lipinski definition) is 0. The zero-order valence-corrected chi connectivity index (χ0v) is 12.8. The van der Waals surface area contributed by atoms with Crippen LogP contribution in [0.5, 0.6) is 0 Å². The Hall–Kier alpha value is 0.0969. The van der Waals surface area contributed by atoms with E-state index < -0.39 is 14.0 Å². The van der Waals surface area contributed by atoms with Gasteiger partial charge in [-0.25, -0.2) is 0 Å². The second-order valence-corrected chi connectivity index (χ2v) is 10.7. The maximum absolute atomic E-state index is 5.68. The van der Waals surface area contributed by atoms with E-state index in [0.717, 1.165) is 12.5 Å². The van der Waals surface area contributed by atoms with E-state index in [1.54, 1.807) is 0 Å². The van der Waals surface area contributed by atoms with Gasteiger partial charge in [-0.3, -0.25) is 0 Å². The second-order valence-electron chi connectivity index (χ2n) is 5.04. The second kappa shape index (κ2) is 7.43. The van der Waals surface area contributed by atoms with Crippen molar-refractivity contribution >= 4 is 8.07 Å². The summed E-state index contributed by atoms with van der Waals surface area (Å²) in [4.78, 5) is 0. The minimum Gasteiger partial charge on any atom is -0.328 e. The van der Waals surface area contributed by atoms with E-state index in [4.69, 9.17) is 14.2 Å². The van der Waals surface area contributed by atoms with Gasteiger partial charge in [0, 0.05) is 34.3 Å². The van der Waals surface area contributed by atoms with Gasteiger partial charge in [0.2, 0.25) is 0 Å². The molecule has 0 saturated carbocycles. The van der Waals surface area contributed by atoms with E-state index in [1.165, 1.54) is 0 Å². The molecule has 98 valence electrons. The monoisotopic (exact) mass is 248 g/mol. The van der Waals surface area contributed by atoms with Crippen LogP contribution in [-0.4, -0.2) is 33.9 Å². The number of rotatable bonds is 9. The summed E-state index contributed by atoms with van der Waals surface area (Å²) in [7, 11) is -1.09. The van der Waals surface area contributed by atoms with Crippen LogP contribution < -0.4 is 0 Å². The van der Waals surface area contributed by atoms with Crippen molar-refractivity contribution in [3.05, 3.63) is 0 Å². The van der Waals surface area contributed by atoms with Crippen molar-refractivity contribution < 1.29 is 14.2 Å². The van der Waals surface area contributed by atoms with E-state index in [0.29, 0.717) is 19.8 Å². The molecule has 0 atom stereocenters. The van der Waals surface area contributed by atoms with Crippen molar-refractivity contribution in [2.24, 2.45) is 0 Å². The van der Waals surface area contributed by atoms with Crippen LogP contribution >= 0.6 is 0 Å². The fourth-order valence-corrected chi connectivity index (χ4v) is 2.59. The quantitative estimate of drug-likeness (QED) is 0.462. The average molecular weight is 248 g/mol. The van der Waals surface area contributed by atoms with E-state index in [9.17, 15) is 0 Å². The van der Waals surface area contributed by atoms with Crippen LogP contribution in [0.25, 0.3) is 0 Å². The van der Waals surface area contributed by atoms with Crippen molar-refractivity contribution in [2.45, 2.75) is 58.9 Å². The Balaban J connectivity index is 4.46. The Morgan fingerprint density at radius 3 is 1.44 bits per heavy atom. The van der Waals surface area contributed by atoms with E-state index in [1.807, 2.05) is 20.8 Å². The first-order chi connectivity index (χ1) is 7.39. The lowest BCUT2D eigenvalue weighted by Crippen LogP contribution is -2.41. The first-order valence-corrected chi connectivity index (χ1v) is 10.0. The van der Waals surface area contributed by atoms with Crippen LogP contribution in [0, 0.1) is 0 Å². The first kappa shape index (κ1) is 16.1. The third-order valence-electron chi connectivity index (χ3n) is 2.27. The van der Waals surface area contributed by atoms with Gasteiger partial charge in [0.1, 0.15) is 0 Å². The summed E-state index contributed by atoms with van der Waals surface area (Å²) in [6.07, 6.45) is 0.832. The zero-order valence-electron chi connectivity index (χ0n) is 11.8. The standard InChI is InChI=1S/C12H28O3Si/c1-7-13-12(14-8-2,15-9-3)10-11-16(4,5)6/h7-11H2,1-6H3. The minimum atomic E-state index is -1.09. The smallest absolute Gasteiger partial charge is 0.282 e. The van der Waals surface area contributed by atoms with E-state index in [-0.39, 0.29) is 0 Å². The van der Waals surface area contributed by atoms with Crippen LogP contribution in [0.1, 0.15) is 27.2 Å². The molecular formula is C12H28O3Si. The summed E-state index contributed by atoms with van der Waals surface area (Å²) in [5.74, 6) is -0.807. The van der Waals surface area contributed by atoms with Gasteiger partial charge in [0.25, 0.3) is 5.97 Å². The van der Waals surface area contributed by atoms with Crippen molar-refractivity contribution in [1.82, 2.24) is 0 Å². The van der Waals surface area contributed by atoms with Crippen molar-refractivity contribution in [3.8, 4) is 0 Å². The lowest BCUT2D eigenvalue weighted by molar-refractivity contribution is -0.377. The topological polar surface area (TPSA) is 27.7 Å². The Morgan fingerprint density at radius 1 is 0.812 bits per heavy atom. The number of ether oxygens (including phenoxy) is 3. The Morgan fingerprint density at radius 2 is 1.19 bits per heavy atom. The Labute approximate surface area is 101 Å². The summed E-state index contributed by atoms with van der Waals surface area (Å²) in [5.41, 5.74) is 0. The third-order valence-corrected chi connectivity index (χ3v) is 4.02. The maximum Gasteiger partial charge on any atom is 0.282 e. The summed E-state index contributed by atoms with van der Waals surface area (Å²) in [6.45, 7) is 14.8. The van der Waals surface area contributed by atoms with Gasteiger partial charge >= 0.3 is 0 Å². The predicted octanol–water partition coefficient (Wildman–Crippen LogP) is 3.48. The van der Waals surface area contributed by atoms with Crippen LogP contribution in [0.4, 0.5) is 0 Å². The maximum atomic E-state index is 5.68. The van der Waals surface area contributed by atoms with Crippen LogP contribution in [0.2, 0.25) is 25.7 Å². The van der Waals surface area contributed by atoms with Gasteiger partial charge in [0.15, 0.2) is 0 Å². The van der Waals surface area contributed by atoms with Crippen LogP contribution in [0.15, 0.2) is 0 Å². The molecule has 0 aliphatic rings. The van der Waals surface area contributed by atoms with E-state index >= 15 is 0 Å². The van der Waals surface area contributed by atoms with Gasteiger partial charge < -0.3 is 14.2 Å². The number of hydrogen-bond acceptors (Lipinski definition) is 3. The molecule has 0 heterocycles. The van der Waals surface area contributed by atoms with Gasteiger partial charge in [0.05, 0.1) is 0 Å². The van der Waals surface area contributed by atoms with Gasteiger partial charge in [-0.2, -0.15) is 0 Å². The molecule has 3 nitrogen and oxygen atoms in total. The molecule has 0 aliphatic carbocycles. The molecular weight excluding hydrogens is 220 g/mol. The highest BCUT2D eigenvalue weighted by molar-refractivity contribution is 6.76. The molecule has 0 aromatic rings. The van der Waals surface area contributed by atoms with E-state index in [2.05, 4.69) is 19.6 Å².